The van der Waals surface area contributed by atoms with Crippen molar-refractivity contribution in [1.29, 1.82) is 0 Å². The number of carbonyl (C=O) groups is 1. The van der Waals surface area contributed by atoms with Crippen molar-refractivity contribution in [3.63, 3.8) is 0 Å². The summed E-state index contributed by atoms with van der Waals surface area (Å²) in [5.41, 5.74) is 1.97. The first-order valence-electron chi connectivity index (χ1n) is 9.17. The minimum absolute atomic E-state index is 0.0144. The average molecular weight is 524 g/mol. The molecule has 0 amide bonds. The van der Waals surface area contributed by atoms with Gasteiger partial charge in [-0.05, 0) is 53.8 Å². The quantitative estimate of drug-likeness (QED) is 0.502. The number of hydrogen-bond acceptors (Lipinski definition) is 3. The molecule has 1 atom stereocenters. The highest BCUT2D eigenvalue weighted by atomic mass is 35.5. The molecule has 0 bridgehead atoms. The number of aliphatic carboxylic acids is 1. The van der Waals surface area contributed by atoms with Gasteiger partial charge in [-0.2, -0.15) is 13.1 Å². The van der Waals surface area contributed by atoms with Crippen LogP contribution in [-0.4, -0.2) is 30.3 Å². The lowest BCUT2D eigenvalue weighted by Crippen LogP contribution is -2.45. The fourth-order valence-electron chi connectivity index (χ4n) is 3.22. The third kappa shape index (κ3) is 6.06. The first-order valence-corrected chi connectivity index (χ1v) is 12.1. The maximum absolute atomic E-state index is 12.8. The number of carboxylic acid groups (broad SMARTS) is 1. The number of nitrogens with zero attached hydrogens (tertiary/aromatic N) is 1. The average Bonchev–Trinajstić information content (AvgIpc) is 2.66. The van der Waals surface area contributed by atoms with Crippen molar-refractivity contribution < 1.29 is 18.3 Å². The van der Waals surface area contributed by atoms with Crippen LogP contribution in [-0.2, 0) is 21.4 Å². The van der Waals surface area contributed by atoms with Crippen LogP contribution in [0.5, 0.6) is 0 Å². The zero-order valence-electron chi connectivity index (χ0n) is 16.0. The van der Waals surface area contributed by atoms with Gasteiger partial charge in [0.25, 0.3) is 0 Å². The van der Waals surface area contributed by atoms with E-state index in [9.17, 15) is 13.2 Å². The van der Waals surface area contributed by atoms with Gasteiger partial charge in [-0.25, -0.2) is 0 Å². The van der Waals surface area contributed by atoms with Gasteiger partial charge in [0.2, 0.25) is 0 Å². The Labute approximate surface area is 200 Å². The van der Waals surface area contributed by atoms with E-state index in [1.807, 2.05) is 0 Å². The van der Waals surface area contributed by atoms with Gasteiger partial charge in [0.05, 0.1) is 6.04 Å². The Kier molecular flexibility index (Phi) is 7.78. The van der Waals surface area contributed by atoms with Crippen molar-refractivity contribution in [1.82, 2.24) is 9.03 Å². The van der Waals surface area contributed by atoms with E-state index in [1.165, 1.54) is 6.20 Å². The molecule has 6 nitrogen and oxygen atoms in total. The number of rotatable bonds is 7. The molecular weight excluding hydrogens is 506 g/mol. The number of hydrogen-bond donors (Lipinski definition) is 2. The lowest BCUT2D eigenvalue weighted by Gasteiger charge is -2.33. The van der Waals surface area contributed by atoms with Crippen LogP contribution >= 0.6 is 46.4 Å². The highest BCUT2D eigenvalue weighted by molar-refractivity contribution is 7.87. The zero-order valence-corrected chi connectivity index (χ0v) is 19.8. The van der Waals surface area contributed by atoms with E-state index < -0.39 is 22.2 Å². The third-order valence-corrected chi connectivity index (χ3v) is 7.30. The first-order chi connectivity index (χ1) is 14.6. The van der Waals surface area contributed by atoms with Gasteiger partial charge in [0.15, 0.2) is 0 Å². The molecule has 11 heteroatoms. The van der Waals surface area contributed by atoms with Crippen molar-refractivity contribution in [3.8, 4) is 0 Å². The van der Waals surface area contributed by atoms with Crippen LogP contribution in [0.4, 0.5) is 0 Å². The SMILES string of the molecule is O=C(O)CCCN1C=C(Cc2ccc(Cl)cc2Cl)C(c2ccc(Cl)cc2Cl)NS1(=O)=O. The Morgan fingerprint density at radius 1 is 1.03 bits per heavy atom. The van der Waals surface area contributed by atoms with E-state index in [-0.39, 0.29) is 19.4 Å². The van der Waals surface area contributed by atoms with E-state index in [4.69, 9.17) is 51.5 Å². The van der Waals surface area contributed by atoms with Gasteiger partial charge in [0.1, 0.15) is 0 Å². The molecule has 0 aromatic heterocycles. The largest absolute Gasteiger partial charge is 0.481 e. The predicted molar refractivity (Wildman–Crippen MR) is 123 cm³/mol. The Morgan fingerprint density at radius 2 is 1.68 bits per heavy atom. The van der Waals surface area contributed by atoms with Crippen LogP contribution in [0.25, 0.3) is 0 Å². The second kappa shape index (κ2) is 9.98. The molecule has 0 aliphatic carbocycles. The van der Waals surface area contributed by atoms with Crippen LogP contribution in [0, 0.1) is 0 Å². The van der Waals surface area contributed by atoms with Gasteiger partial charge in [-0.1, -0.05) is 58.5 Å². The summed E-state index contributed by atoms with van der Waals surface area (Å²) in [5, 5.41) is 10.5. The Balaban J connectivity index is 2.02. The maximum atomic E-state index is 12.8. The summed E-state index contributed by atoms with van der Waals surface area (Å²) >= 11 is 24.7. The fourth-order valence-corrected chi connectivity index (χ4v) is 5.57. The molecule has 1 aliphatic rings. The van der Waals surface area contributed by atoms with Crippen LogP contribution in [0.1, 0.15) is 30.0 Å². The van der Waals surface area contributed by atoms with E-state index in [0.717, 1.165) is 9.87 Å². The highest BCUT2D eigenvalue weighted by Gasteiger charge is 2.33. The topological polar surface area (TPSA) is 86.7 Å². The van der Waals surface area contributed by atoms with Crippen molar-refractivity contribution in [3.05, 3.63) is 79.4 Å². The van der Waals surface area contributed by atoms with E-state index in [1.54, 1.807) is 36.4 Å². The minimum Gasteiger partial charge on any atom is -0.481 e. The summed E-state index contributed by atoms with van der Waals surface area (Å²) in [5.74, 6) is -0.995. The van der Waals surface area contributed by atoms with Crippen LogP contribution in [0.15, 0.2) is 48.2 Å². The third-order valence-electron chi connectivity index (χ3n) is 4.71. The monoisotopic (exact) mass is 522 g/mol. The van der Waals surface area contributed by atoms with Crippen LogP contribution in [0.3, 0.4) is 0 Å². The van der Waals surface area contributed by atoms with Gasteiger partial charge in [-0.3, -0.25) is 9.10 Å². The molecule has 0 saturated heterocycles. The summed E-state index contributed by atoms with van der Waals surface area (Å²) in [4.78, 5) is 10.8. The standard InChI is InChI=1S/C20H18Cl4N2O4S/c21-14-4-3-12(17(23)9-14)8-13-11-26(7-1-2-19(27)28)31(29,30)25-20(13)16-6-5-15(22)10-18(16)24/h3-6,9-11,20,25H,1-2,7-8H2,(H,27,28). The number of benzene rings is 2. The number of carboxylic acids is 1. The Morgan fingerprint density at radius 3 is 2.29 bits per heavy atom. The first kappa shape index (κ1) is 24.2. The molecule has 166 valence electrons. The summed E-state index contributed by atoms with van der Waals surface area (Å²) < 4.78 is 29.4. The van der Waals surface area contributed by atoms with Gasteiger partial charge < -0.3 is 5.11 Å². The van der Waals surface area contributed by atoms with Crippen LogP contribution in [0.2, 0.25) is 20.1 Å². The number of halogens is 4. The summed E-state index contributed by atoms with van der Waals surface area (Å²) in [6, 6.07) is 9.16. The summed E-state index contributed by atoms with van der Waals surface area (Å²) in [6.45, 7) is 0.0144. The normalized spacial score (nSPS) is 18.0. The fraction of sp³-hybridized carbons (Fsp3) is 0.250. The van der Waals surface area contributed by atoms with Crippen LogP contribution < -0.4 is 4.72 Å². The van der Waals surface area contributed by atoms with E-state index in [2.05, 4.69) is 4.72 Å². The highest BCUT2D eigenvalue weighted by Crippen LogP contribution is 2.36. The second-order valence-electron chi connectivity index (χ2n) is 6.95. The van der Waals surface area contributed by atoms with Gasteiger partial charge in [-0.15, -0.1) is 0 Å². The summed E-state index contributed by atoms with van der Waals surface area (Å²) in [6.07, 6.45) is 1.84. The molecule has 31 heavy (non-hydrogen) atoms. The van der Waals surface area contributed by atoms with Crippen molar-refractivity contribution in [2.75, 3.05) is 6.54 Å². The smallest absolute Gasteiger partial charge is 0.303 e. The molecule has 1 heterocycles. The maximum Gasteiger partial charge on any atom is 0.303 e. The van der Waals surface area contributed by atoms with Gasteiger partial charge in [0, 0.05) is 39.3 Å². The molecule has 0 saturated carbocycles. The molecule has 0 spiro atoms. The molecule has 3 rings (SSSR count). The molecular formula is C20H18Cl4N2O4S. The van der Waals surface area contributed by atoms with E-state index >= 15 is 0 Å². The lowest BCUT2D eigenvalue weighted by molar-refractivity contribution is -0.137. The minimum atomic E-state index is -3.92. The van der Waals surface area contributed by atoms with Gasteiger partial charge >= 0.3 is 16.2 Å². The Bertz CT molecular complexity index is 1140. The van der Waals surface area contributed by atoms with E-state index in [0.29, 0.717) is 37.6 Å². The molecule has 2 N–H and O–H groups in total. The molecule has 0 fully saturated rings. The number of nitrogens with one attached hydrogen (secondary N) is 1. The second-order valence-corrected chi connectivity index (χ2v) is 10.3. The molecule has 1 aliphatic heterocycles. The zero-order chi connectivity index (χ0) is 22.8. The predicted octanol–water partition coefficient (Wildman–Crippen LogP) is 5.48. The molecule has 1 unspecified atom stereocenters. The molecule has 0 radical (unpaired) electrons. The Hall–Kier alpha value is -1.48. The molecule has 2 aromatic carbocycles. The van der Waals surface area contributed by atoms with Crippen molar-refractivity contribution in [2.24, 2.45) is 0 Å². The molecule has 2 aromatic rings. The lowest BCUT2D eigenvalue weighted by atomic mass is 9.94. The van der Waals surface area contributed by atoms with Crippen molar-refractivity contribution in [2.45, 2.75) is 25.3 Å². The summed E-state index contributed by atoms with van der Waals surface area (Å²) in [7, 11) is -3.92. The van der Waals surface area contributed by atoms with Crippen molar-refractivity contribution >= 4 is 62.6 Å².